The third-order valence-electron chi connectivity index (χ3n) is 4.03. The molecule has 0 unspecified atom stereocenters. The Hall–Kier alpha value is -0.720. The van der Waals surface area contributed by atoms with Gasteiger partial charge in [0.05, 0.1) is 5.88 Å². The van der Waals surface area contributed by atoms with Crippen LogP contribution in [0.25, 0.3) is 0 Å². The van der Waals surface area contributed by atoms with Crippen molar-refractivity contribution < 1.29 is 17.2 Å². The molecule has 0 atom stereocenters. The number of alkyl halides is 1. The molecular formula is C14H18ClF2NO2S. The molecule has 1 aliphatic rings. The van der Waals surface area contributed by atoms with Crippen LogP contribution in [0.2, 0.25) is 0 Å². The summed E-state index contributed by atoms with van der Waals surface area (Å²) in [7, 11) is -2.53. The molecule has 0 radical (unpaired) electrons. The Labute approximate surface area is 129 Å². The summed E-state index contributed by atoms with van der Waals surface area (Å²) in [5.41, 5.74) is -0.408. The van der Waals surface area contributed by atoms with E-state index in [2.05, 4.69) is 0 Å². The number of nitrogens with zero attached hydrogens (tertiary/aromatic N) is 1. The minimum atomic E-state index is -3.99. The zero-order valence-corrected chi connectivity index (χ0v) is 13.4. The molecule has 0 N–H and O–H groups in total. The highest BCUT2D eigenvalue weighted by atomic mass is 35.5. The zero-order valence-electron chi connectivity index (χ0n) is 11.8. The molecular weight excluding hydrogens is 320 g/mol. The number of rotatable bonds is 4. The normalized spacial score (nSPS) is 17.4. The summed E-state index contributed by atoms with van der Waals surface area (Å²) in [5, 5.41) is 0. The van der Waals surface area contributed by atoms with Gasteiger partial charge in [-0.05, 0) is 25.0 Å². The van der Waals surface area contributed by atoms with Crippen LogP contribution in [0.5, 0.6) is 0 Å². The van der Waals surface area contributed by atoms with Crippen molar-refractivity contribution in [3.8, 4) is 0 Å². The molecule has 7 heteroatoms. The topological polar surface area (TPSA) is 37.4 Å². The number of sulfonamides is 1. The average Bonchev–Trinajstić information content (AvgIpc) is 2.47. The quantitative estimate of drug-likeness (QED) is 0.786. The second kappa shape index (κ2) is 6.58. The molecule has 0 aromatic heterocycles. The van der Waals surface area contributed by atoms with E-state index in [1.165, 1.54) is 11.4 Å². The van der Waals surface area contributed by atoms with Gasteiger partial charge >= 0.3 is 0 Å². The lowest BCUT2D eigenvalue weighted by atomic mass is 9.96. The van der Waals surface area contributed by atoms with E-state index in [-0.39, 0.29) is 6.04 Å². The van der Waals surface area contributed by atoms with Crippen LogP contribution < -0.4 is 0 Å². The van der Waals surface area contributed by atoms with Gasteiger partial charge in [-0.3, -0.25) is 0 Å². The summed E-state index contributed by atoms with van der Waals surface area (Å²) in [6.07, 6.45) is 4.54. The van der Waals surface area contributed by atoms with Crippen LogP contribution in [0.1, 0.15) is 37.7 Å². The number of halogens is 3. The highest BCUT2D eigenvalue weighted by Gasteiger charge is 2.32. The molecule has 21 heavy (non-hydrogen) atoms. The first-order chi connectivity index (χ1) is 9.89. The fourth-order valence-corrected chi connectivity index (χ4v) is 4.44. The van der Waals surface area contributed by atoms with Gasteiger partial charge in [0.1, 0.15) is 10.7 Å². The second-order valence-electron chi connectivity index (χ2n) is 5.28. The summed E-state index contributed by atoms with van der Waals surface area (Å²) in [6.45, 7) is 0. The van der Waals surface area contributed by atoms with Crippen LogP contribution in [0.3, 0.4) is 0 Å². The van der Waals surface area contributed by atoms with E-state index < -0.39 is 38.0 Å². The van der Waals surface area contributed by atoms with Gasteiger partial charge in [-0.15, -0.1) is 11.6 Å². The van der Waals surface area contributed by atoms with E-state index in [4.69, 9.17) is 11.6 Å². The van der Waals surface area contributed by atoms with Gasteiger partial charge in [0.15, 0.2) is 5.82 Å². The summed E-state index contributed by atoms with van der Waals surface area (Å²) < 4.78 is 54.0. The maximum absolute atomic E-state index is 14.2. The SMILES string of the molecule is CN(C1CCCCC1)S(=O)(=O)c1ccc(F)c(CCl)c1F. The predicted octanol–water partition coefficient (Wildman–Crippen LogP) is 3.66. The minimum absolute atomic E-state index is 0.132. The van der Waals surface area contributed by atoms with Crippen LogP contribution >= 0.6 is 11.6 Å². The summed E-state index contributed by atoms with van der Waals surface area (Å²) in [5.74, 6) is -2.33. The molecule has 1 aliphatic carbocycles. The lowest BCUT2D eigenvalue weighted by Gasteiger charge is -2.30. The smallest absolute Gasteiger partial charge is 0.207 e. The Bertz CT molecular complexity index is 616. The van der Waals surface area contributed by atoms with Gasteiger partial charge in [-0.25, -0.2) is 17.2 Å². The first kappa shape index (κ1) is 16.6. The van der Waals surface area contributed by atoms with Crippen molar-refractivity contribution in [3.05, 3.63) is 29.3 Å². The molecule has 0 heterocycles. The lowest BCUT2D eigenvalue weighted by molar-refractivity contribution is 0.285. The highest BCUT2D eigenvalue weighted by molar-refractivity contribution is 7.89. The molecule has 0 spiro atoms. The largest absolute Gasteiger partial charge is 0.245 e. The monoisotopic (exact) mass is 337 g/mol. The van der Waals surface area contributed by atoms with Gasteiger partial charge in [0, 0.05) is 18.7 Å². The van der Waals surface area contributed by atoms with E-state index >= 15 is 0 Å². The highest BCUT2D eigenvalue weighted by Crippen LogP contribution is 2.29. The average molecular weight is 338 g/mol. The van der Waals surface area contributed by atoms with Crippen molar-refractivity contribution >= 4 is 21.6 Å². The Morgan fingerprint density at radius 3 is 2.43 bits per heavy atom. The number of benzene rings is 1. The molecule has 1 aromatic rings. The fourth-order valence-electron chi connectivity index (χ4n) is 2.69. The summed E-state index contributed by atoms with van der Waals surface area (Å²) >= 11 is 5.50. The molecule has 1 fully saturated rings. The van der Waals surface area contributed by atoms with Crippen molar-refractivity contribution in [1.29, 1.82) is 0 Å². The molecule has 1 saturated carbocycles. The summed E-state index contributed by atoms with van der Waals surface area (Å²) in [4.78, 5) is -0.507. The zero-order chi connectivity index (χ0) is 15.6. The third kappa shape index (κ3) is 3.22. The molecule has 118 valence electrons. The van der Waals surface area contributed by atoms with Crippen molar-refractivity contribution in [3.63, 3.8) is 0 Å². The van der Waals surface area contributed by atoms with Crippen molar-refractivity contribution in [2.45, 2.75) is 48.9 Å². The van der Waals surface area contributed by atoms with E-state index in [1.807, 2.05) is 0 Å². The van der Waals surface area contributed by atoms with E-state index in [0.29, 0.717) is 0 Å². The van der Waals surface area contributed by atoms with Crippen molar-refractivity contribution in [2.75, 3.05) is 7.05 Å². The molecule has 0 aliphatic heterocycles. The van der Waals surface area contributed by atoms with Gasteiger partial charge in [0.25, 0.3) is 0 Å². The van der Waals surface area contributed by atoms with E-state index in [9.17, 15) is 17.2 Å². The van der Waals surface area contributed by atoms with Crippen LogP contribution in [0, 0.1) is 11.6 Å². The molecule has 3 nitrogen and oxygen atoms in total. The summed E-state index contributed by atoms with van der Waals surface area (Å²) in [6, 6.07) is 1.78. The predicted molar refractivity (Wildman–Crippen MR) is 77.7 cm³/mol. The third-order valence-corrected chi connectivity index (χ3v) is 6.22. The fraction of sp³-hybridized carbons (Fsp3) is 0.571. The molecule has 1 aromatic carbocycles. The van der Waals surface area contributed by atoms with Gasteiger partial charge < -0.3 is 0 Å². The van der Waals surface area contributed by atoms with Gasteiger partial charge in [0.2, 0.25) is 10.0 Å². The Morgan fingerprint density at radius 1 is 1.24 bits per heavy atom. The van der Waals surface area contributed by atoms with E-state index in [1.54, 1.807) is 0 Å². The molecule has 0 bridgehead atoms. The van der Waals surface area contributed by atoms with E-state index in [0.717, 1.165) is 44.2 Å². The molecule has 0 saturated heterocycles. The standard InChI is InChI=1S/C14H18ClF2NO2S/c1-18(10-5-3-2-4-6-10)21(19,20)13-8-7-12(16)11(9-15)14(13)17/h7-8,10H,2-6,9H2,1H3. The Kier molecular flexibility index (Phi) is 5.22. The maximum atomic E-state index is 14.2. The lowest BCUT2D eigenvalue weighted by Crippen LogP contribution is -2.38. The Morgan fingerprint density at radius 2 is 1.86 bits per heavy atom. The van der Waals surface area contributed by atoms with Crippen molar-refractivity contribution in [1.82, 2.24) is 4.31 Å². The van der Waals surface area contributed by atoms with Gasteiger partial charge in [-0.2, -0.15) is 4.31 Å². The minimum Gasteiger partial charge on any atom is -0.207 e. The first-order valence-corrected chi connectivity index (χ1v) is 8.88. The maximum Gasteiger partial charge on any atom is 0.245 e. The Balaban J connectivity index is 2.39. The van der Waals surface area contributed by atoms with Gasteiger partial charge in [-0.1, -0.05) is 19.3 Å². The number of hydrogen-bond acceptors (Lipinski definition) is 2. The van der Waals surface area contributed by atoms with Crippen molar-refractivity contribution in [2.24, 2.45) is 0 Å². The van der Waals surface area contributed by atoms with Crippen LogP contribution in [0.15, 0.2) is 17.0 Å². The number of hydrogen-bond donors (Lipinski definition) is 0. The first-order valence-electron chi connectivity index (χ1n) is 6.90. The second-order valence-corrected chi connectivity index (χ2v) is 7.52. The van der Waals surface area contributed by atoms with Crippen LogP contribution in [-0.4, -0.2) is 25.8 Å². The molecule has 2 rings (SSSR count). The molecule has 0 amide bonds. The van der Waals surface area contributed by atoms with Crippen LogP contribution in [-0.2, 0) is 15.9 Å². The van der Waals surface area contributed by atoms with Crippen LogP contribution in [0.4, 0.5) is 8.78 Å².